The topological polar surface area (TPSA) is 102 Å². The van der Waals surface area contributed by atoms with Crippen LogP contribution in [0.1, 0.15) is 1.43 Å². The molecule has 0 aliphatic rings. The molecule has 7 N–H and O–H groups in total. The normalized spacial score (nSPS) is 9.57. The molecule has 0 bridgehead atoms. The van der Waals surface area contributed by atoms with Crippen LogP contribution in [-0.4, -0.2) is 5.96 Å². The first-order valence-corrected chi connectivity index (χ1v) is 1.31. The van der Waals surface area contributed by atoms with Crippen LogP contribution in [0.25, 0.3) is 0 Å². The highest BCUT2D eigenvalue weighted by Gasteiger charge is 1.73. The van der Waals surface area contributed by atoms with Gasteiger partial charge in [-0.05, 0) is 0 Å². The van der Waals surface area contributed by atoms with Crippen molar-refractivity contribution in [1.82, 2.24) is 5.43 Å². The van der Waals surface area contributed by atoms with Gasteiger partial charge in [-0.25, -0.2) is 5.84 Å². The molecule has 0 atom stereocenters. The van der Waals surface area contributed by atoms with Gasteiger partial charge in [-0.2, -0.15) is 0 Å². The van der Waals surface area contributed by atoms with Crippen molar-refractivity contribution in [3.8, 4) is 0 Å². The van der Waals surface area contributed by atoms with Crippen LogP contribution in [0.5, 0.6) is 0 Å². The van der Waals surface area contributed by atoms with Gasteiger partial charge in [0.25, 0.3) is 0 Å². The molecule has 0 aromatic heterocycles. The van der Waals surface area contributed by atoms with Crippen molar-refractivity contribution in [2.45, 2.75) is 0 Å². The number of nitrogens with one attached hydrogen (secondary N) is 1. The number of hydrazine groups is 1. The van der Waals surface area contributed by atoms with Gasteiger partial charge in [-0.15, -0.1) is 5.10 Å². The third-order valence-corrected chi connectivity index (χ3v) is 0.287. The molecule has 6 heteroatoms. The van der Waals surface area contributed by atoms with Crippen molar-refractivity contribution >= 4 is 5.96 Å². The van der Waals surface area contributed by atoms with Gasteiger partial charge in [0.15, 0.2) is 0 Å². The lowest BCUT2D eigenvalue weighted by molar-refractivity contribution is -0.00000166. The predicted molar refractivity (Wildman–Crippen MR) is 24.2 cm³/mol. The zero-order valence-electron chi connectivity index (χ0n) is 4.56. The maximum atomic E-state index is 4.86. The average Bonchev–Trinajstić information content (AvgIpc) is 1.65. The molecule has 7 heavy (non-hydrogen) atoms. The first-order chi connectivity index (χ1) is 2.81. The van der Waals surface area contributed by atoms with Gasteiger partial charge in [0, 0.05) is 0 Å². The summed E-state index contributed by atoms with van der Waals surface area (Å²) in [5.41, 5.74) is 6.88. The lowest BCUT2D eigenvalue weighted by Gasteiger charge is -1.89. The van der Waals surface area contributed by atoms with Gasteiger partial charge in [0.2, 0.25) is 5.96 Å². The molecule has 0 saturated carbocycles. The first-order valence-electron chi connectivity index (χ1n) is 1.31. The maximum Gasteiger partial charge on any atom is 1.00 e. The standard InChI is InChI=1S/CH7N5.ClH/c2-1(5-3)6-4;/h3-4H2,(H3,2,5,6);1H. The summed E-state index contributed by atoms with van der Waals surface area (Å²) >= 11 is 0. The summed E-state index contributed by atoms with van der Waals surface area (Å²) in [6, 6.07) is 0. The molecule has 0 saturated heterocycles. The highest BCUT2D eigenvalue weighted by atomic mass is 35.5. The number of halogens is 1. The molecular formula is CH8ClN5. The number of nitrogens with two attached hydrogens (primary N) is 3. The Bertz CT molecular complexity index is 63.4. The summed E-state index contributed by atoms with van der Waals surface area (Å²) in [7, 11) is 0. The Hall–Kier alpha value is -0.680. The van der Waals surface area contributed by atoms with Crippen molar-refractivity contribution in [3.05, 3.63) is 0 Å². The van der Waals surface area contributed by atoms with Crippen molar-refractivity contribution < 1.29 is 13.8 Å². The van der Waals surface area contributed by atoms with Crippen LogP contribution in [0, 0.1) is 0 Å². The predicted octanol–water partition coefficient (Wildman–Crippen LogP) is -5.25. The molecule has 0 radical (unpaired) electrons. The summed E-state index contributed by atoms with van der Waals surface area (Å²) in [6.07, 6.45) is 0. The number of hydrazone groups is 1. The fourth-order valence-corrected chi connectivity index (χ4v) is 0.0373. The van der Waals surface area contributed by atoms with E-state index in [1.165, 1.54) is 0 Å². The van der Waals surface area contributed by atoms with E-state index >= 15 is 0 Å². The van der Waals surface area contributed by atoms with Crippen molar-refractivity contribution in [2.24, 2.45) is 22.5 Å². The minimum Gasteiger partial charge on any atom is -1.00 e. The molecular weight excluding hydrogens is 117 g/mol. The summed E-state index contributed by atoms with van der Waals surface area (Å²) in [4.78, 5) is 0. The van der Waals surface area contributed by atoms with E-state index in [1.807, 2.05) is 5.43 Å². The molecule has 0 amide bonds. The molecule has 44 valence electrons. The van der Waals surface area contributed by atoms with Crippen molar-refractivity contribution in [3.63, 3.8) is 0 Å². The summed E-state index contributed by atoms with van der Waals surface area (Å²) < 4.78 is 0. The van der Waals surface area contributed by atoms with Crippen molar-refractivity contribution in [2.75, 3.05) is 0 Å². The van der Waals surface area contributed by atoms with Gasteiger partial charge >= 0.3 is 1.43 Å². The lowest BCUT2D eigenvalue weighted by Crippen LogP contribution is -3.00. The Balaban J connectivity index is -0.000000125. The second-order valence-corrected chi connectivity index (χ2v) is 0.659. The van der Waals surface area contributed by atoms with E-state index in [0.717, 1.165) is 0 Å². The van der Waals surface area contributed by atoms with Gasteiger partial charge in [-0.3, -0.25) is 5.43 Å². The van der Waals surface area contributed by atoms with Crippen LogP contribution in [-0.2, 0) is 0 Å². The number of nitrogens with zero attached hydrogens (tertiary/aromatic N) is 1. The molecule has 0 aromatic carbocycles. The van der Waals surface area contributed by atoms with Gasteiger partial charge in [0.05, 0.1) is 0 Å². The minimum absolute atomic E-state index is 0. The Morgan fingerprint density at radius 1 is 1.71 bits per heavy atom. The van der Waals surface area contributed by atoms with Crippen LogP contribution in [0.2, 0.25) is 0 Å². The van der Waals surface area contributed by atoms with Crippen LogP contribution in [0.3, 0.4) is 0 Å². The van der Waals surface area contributed by atoms with Crippen LogP contribution >= 0.6 is 0 Å². The molecule has 5 nitrogen and oxygen atoms in total. The highest BCUT2D eigenvalue weighted by molar-refractivity contribution is 5.76. The minimum atomic E-state index is 0. The Labute approximate surface area is 48.8 Å². The monoisotopic (exact) mass is 125 g/mol. The Morgan fingerprint density at radius 3 is 2.14 bits per heavy atom. The van der Waals surface area contributed by atoms with E-state index in [-0.39, 0.29) is 19.8 Å². The van der Waals surface area contributed by atoms with Gasteiger partial charge in [-0.1, -0.05) is 0 Å². The molecule has 0 unspecified atom stereocenters. The largest absolute Gasteiger partial charge is 1.00 e. The third kappa shape index (κ3) is 5.32. The number of guanidine groups is 1. The first kappa shape index (κ1) is 9.58. The number of hydrogen-bond acceptors (Lipinski definition) is 3. The number of rotatable bonds is 0. The fourth-order valence-electron chi connectivity index (χ4n) is 0.0373. The second kappa shape index (κ2) is 5.32. The van der Waals surface area contributed by atoms with Gasteiger partial charge < -0.3 is 24.0 Å². The van der Waals surface area contributed by atoms with E-state index in [1.54, 1.807) is 0 Å². The molecule has 0 aliphatic heterocycles. The molecule has 0 fully saturated rings. The summed E-state index contributed by atoms with van der Waals surface area (Å²) in [6.45, 7) is 0. The molecule has 0 aromatic rings. The lowest BCUT2D eigenvalue weighted by atomic mass is 11.1. The molecule has 0 rings (SSSR count). The van der Waals surface area contributed by atoms with Crippen molar-refractivity contribution in [1.29, 1.82) is 0 Å². The van der Waals surface area contributed by atoms with Crippen LogP contribution < -0.4 is 35.3 Å². The SMILES string of the molecule is N/N=C(\N)NN.[Cl-].[H+]. The van der Waals surface area contributed by atoms with E-state index in [4.69, 9.17) is 11.6 Å². The van der Waals surface area contributed by atoms with Crippen LogP contribution in [0.4, 0.5) is 0 Å². The van der Waals surface area contributed by atoms with E-state index in [2.05, 4.69) is 10.9 Å². The average molecular weight is 126 g/mol. The fraction of sp³-hybridized carbons (Fsp3) is 0. The second-order valence-electron chi connectivity index (χ2n) is 0.659. The molecule has 0 aliphatic carbocycles. The Kier molecular flexibility index (Phi) is 7.28. The number of hydrogen-bond donors (Lipinski definition) is 4. The zero-order valence-corrected chi connectivity index (χ0v) is 4.31. The molecule has 0 spiro atoms. The summed E-state index contributed by atoms with van der Waals surface area (Å²) in [5, 5.41) is 2.97. The van der Waals surface area contributed by atoms with E-state index in [0.29, 0.717) is 0 Å². The van der Waals surface area contributed by atoms with E-state index < -0.39 is 0 Å². The van der Waals surface area contributed by atoms with Crippen LogP contribution in [0.15, 0.2) is 5.10 Å². The highest BCUT2D eigenvalue weighted by Crippen LogP contribution is 1.38. The zero-order chi connectivity index (χ0) is 4.99. The van der Waals surface area contributed by atoms with Gasteiger partial charge in [0.1, 0.15) is 0 Å². The summed E-state index contributed by atoms with van der Waals surface area (Å²) in [5.74, 6) is 9.32. The Morgan fingerprint density at radius 2 is 2.14 bits per heavy atom. The van der Waals surface area contributed by atoms with E-state index in [9.17, 15) is 0 Å². The smallest absolute Gasteiger partial charge is 1.00 e. The quantitative estimate of drug-likeness (QED) is 0.112. The third-order valence-electron chi connectivity index (χ3n) is 0.287. The molecule has 0 heterocycles. The maximum absolute atomic E-state index is 4.86.